The van der Waals surface area contributed by atoms with Crippen LogP contribution in [0.15, 0.2) is 18.2 Å². The van der Waals surface area contributed by atoms with Crippen LogP contribution in [0.4, 0.5) is 5.69 Å². The summed E-state index contributed by atoms with van der Waals surface area (Å²) in [5, 5.41) is 11.7. The summed E-state index contributed by atoms with van der Waals surface area (Å²) in [7, 11) is 0. The molecule has 0 bridgehead atoms. The Bertz CT molecular complexity index is 522. The Morgan fingerprint density at radius 1 is 1.40 bits per heavy atom. The lowest BCUT2D eigenvalue weighted by Gasteiger charge is -2.35. The largest absolute Gasteiger partial charge is 0.481 e. The van der Waals surface area contributed by atoms with E-state index in [1.807, 2.05) is 30.0 Å². The van der Waals surface area contributed by atoms with Crippen LogP contribution in [0.1, 0.15) is 18.1 Å². The number of amides is 1. The monoisotopic (exact) mass is 276 g/mol. The molecule has 2 N–H and O–H groups in total. The van der Waals surface area contributed by atoms with Crippen molar-refractivity contribution in [2.75, 3.05) is 25.0 Å². The Hall–Kier alpha value is -1.88. The Labute approximate surface area is 118 Å². The molecule has 1 fully saturated rings. The molecule has 1 amide bonds. The van der Waals surface area contributed by atoms with Crippen molar-refractivity contribution in [1.82, 2.24) is 4.90 Å². The van der Waals surface area contributed by atoms with Crippen LogP contribution in [0.5, 0.6) is 0 Å². The molecule has 5 nitrogen and oxygen atoms in total. The van der Waals surface area contributed by atoms with Crippen LogP contribution in [0.3, 0.4) is 0 Å². The zero-order valence-corrected chi connectivity index (χ0v) is 11.8. The number of para-hydroxylation sites is 1. The number of anilines is 1. The molecule has 20 heavy (non-hydrogen) atoms. The second-order valence-electron chi connectivity index (χ2n) is 5.24. The fourth-order valence-electron chi connectivity index (χ4n) is 2.44. The third-order valence-electron chi connectivity index (χ3n) is 3.68. The van der Waals surface area contributed by atoms with Gasteiger partial charge in [0.05, 0.1) is 12.5 Å². The number of aryl methyl sites for hydroxylation is 2. The summed E-state index contributed by atoms with van der Waals surface area (Å²) < 4.78 is 0. The number of carbonyl (C=O) groups is 2. The van der Waals surface area contributed by atoms with E-state index in [9.17, 15) is 9.59 Å². The minimum atomic E-state index is -0.783. The average Bonchev–Trinajstić information content (AvgIpc) is 2.35. The van der Waals surface area contributed by atoms with Gasteiger partial charge < -0.3 is 10.4 Å². The molecule has 1 saturated heterocycles. The molecule has 1 aliphatic heterocycles. The van der Waals surface area contributed by atoms with Crippen molar-refractivity contribution in [3.8, 4) is 0 Å². The van der Waals surface area contributed by atoms with Gasteiger partial charge in [-0.05, 0) is 24.5 Å². The zero-order valence-electron chi connectivity index (χ0n) is 11.8. The topological polar surface area (TPSA) is 69.6 Å². The van der Waals surface area contributed by atoms with Gasteiger partial charge >= 0.3 is 5.97 Å². The van der Waals surface area contributed by atoms with E-state index >= 15 is 0 Å². The van der Waals surface area contributed by atoms with Crippen LogP contribution < -0.4 is 5.32 Å². The Morgan fingerprint density at radius 3 is 2.70 bits per heavy atom. The van der Waals surface area contributed by atoms with Gasteiger partial charge in [0.1, 0.15) is 0 Å². The average molecular weight is 276 g/mol. The highest BCUT2D eigenvalue weighted by Crippen LogP contribution is 2.21. The van der Waals surface area contributed by atoms with Crippen LogP contribution in [0.2, 0.25) is 0 Å². The number of hydrogen-bond acceptors (Lipinski definition) is 3. The van der Waals surface area contributed by atoms with Gasteiger partial charge in [-0.25, -0.2) is 0 Å². The number of aliphatic carboxylic acids is 1. The van der Waals surface area contributed by atoms with Gasteiger partial charge in [0.2, 0.25) is 5.91 Å². The van der Waals surface area contributed by atoms with E-state index < -0.39 is 5.97 Å². The highest BCUT2D eigenvalue weighted by atomic mass is 16.4. The molecule has 108 valence electrons. The van der Waals surface area contributed by atoms with Crippen molar-refractivity contribution in [2.45, 2.75) is 20.3 Å². The van der Waals surface area contributed by atoms with Gasteiger partial charge in [0, 0.05) is 18.8 Å². The quantitative estimate of drug-likeness (QED) is 0.855. The molecule has 1 aliphatic rings. The van der Waals surface area contributed by atoms with Crippen LogP contribution >= 0.6 is 0 Å². The first-order valence-electron chi connectivity index (χ1n) is 6.84. The SMILES string of the molecule is CCc1cccc(C)c1NC(=O)CN1CC(C(=O)O)C1. The van der Waals surface area contributed by atoms with Gasteiger partial charge in [-0.2, -0.15) is 0 Å². The smallest absolute Gasteiger partial charge is 0.309 e. The van der Waals surface area contributed by atoms with Gasteiger partial charge in [0.15, 0.2) is 0 Å². The predicted molar refractivity (Wildman–Crippen MR) is 76.8 cm³/mol. The summed E-state index contributed by atoms with van der Waals surface area (Å²) in [6.07, 6.45) is 0.863. The van der Waals surface area contributed by atoms with Crippen LogP contribution in [-0.4, -0.2) is 41.5 Å². The highest BCUT2D eigenvalue weighted by molar-refractivity contribution is 5.94. The zero-order chi connectivity index (χ0) is 14.7. The van der Waals surface area contributed by atoms with Crippen molar-refractivity contribution < 1.29 is 14.7 Å². The minimum Gasteiger partial charge on any atom is -0.481 e. The maximum Gasteiger partial charge on any atom is 0.309 e. The van der Waals surface area contributed by atoms with E-state index in [0.29, 0.717) is 13.1 Å². The van der Waals surface area contributed by atoms with Crippen molar-refractivity contribution in [2.24, 2.45) is 5.92 Å². The number of hydrogen-bond donors (Lipinski definition) is 2. The molecule has 0 unspecified atom stereocenters. The first kappa shape index (κ1) is 14.5. The molecular weight excluding hydrogens is 256 g/mol. The number of carbonyl (C=O) groups excluding carboxylic acids is 1. The molecular formula is C15H20N2O3. The standard InChI is InChI=1S/C15H20N2O3/c1-3-11-6-4-5-10(2)14(11)16-13(18)9-17-7-12(8-17)15(19)20/h4-6,12H,3,7-9H2,1-2H3,(H,16,18)(H,19,20). The normalized spacial score (nSPS) is 15.7. The van der Waals surface area contributed by atoms with E-state index in [-0.39, 0.29) is 18.4 Å². The summed E-state index contributed by atoms with van der Waals surface area (Å²) in [5.74, 6) is -1.20. The third-order valence-corrected chi connectivity index (χ3v) is 3.68. The molecule has 0 saturated carbocycles. The molecule has 1 heterocycles. The van der Waals surface area contributed by atoms with E-state index in [2.05, 4.69) is 12.2 Å². The van der Waals surface area contributed by atoms with Crippen LogP contribution in [0, 0.1) is 12.8 Å². The minimum absolute atomic E-state index is 0.0853. The molecule has 0 aromatic heterocycles. The number of benzene rings is 1. The summed E-state index contributed by atoms with van der Waals surface area (Å²) in [6.45, 7) is 5.19. The number of rotatable bonds is 5. The lowest BCUT2D eigenvalue weighted by Crippen LogP contribution is -2.52. The lowest BCUT2D eigenvalue weighted by molar-refractivity contribution is -0.148. The number of likely N-dealkylation sites (tertiary alicyclic amines) is 1. The number of nitrogens with zero attached hydrogens (tertiary/aromatic N) is 1. The highest BCUT2D eigenvalue weighted by Gasteiger charge is 2.33. The molecule has 1 aromatic rings. The Balaban J connectivity index is 1.91. The summed E-state index contributed by atoms with van der Waals surface area (Å²) in [6, 6.07) is 5.96. The predicted octanol–water partition coefficient (Wildman–Crippen LogP) is 1.51. The van der Waals surface area contributed by atoms with Crippen molar-refractivity contribution >= 4 is 17.6 Å². The van der Waals surface area contributed by atoms with Crippen molar-refractivity contribution in [3.05, 3.63) is 29.3 Å². The molecule has 0 aliphatic carbocycles. The molecule has 0 spiro atoms. The molecule has 0 atom stereocenters. The number of carboxylic acids is 1. The van der Waals surface area contributed by atoms with Crippen LogP contribution in [0.25, 0.3) is 0 Å². The summed E-state index contributed by atoms with van der Waals surface area (Å²) >= 11 is 0. The fourth-order valence-corrected chi connectivity index (χ4v) is 2.44. The summed E-state index contributed by atoms with van der Waals surface area (Å²) in [5.41, 5.74) is 3.05. The fraction of sp³-hybridized carbons (Fsp3) is 0.467. The molecule has 2 rings (SSSR count). The Morgan fingerprint density at radius 2 is 2.10 bits per heavy atom. The van der Waals surface area contributed by atoms with Crippen LogP contribution in [-0.2, 0) is 16.0 Å². The number of nitrogens with one attached hydrogen (secondary N) is 1. The maximum absolute atomic E-state index is 12.0. The van der Waals surface area contributed by atoms with Gasteiger partial charge in [-0.3, -0.25) is 14.5 Å². The molecule has 1 aromatic carbocycles. The van der Waals surface area contributed by atoms with Crippen molar-refractivity contribution in [1.29, 1.82) is 0 Å². The third kappa shape index (κ3) is 3.17. The first-order valence-corrected chi connectivity index (χ1v) is 6.84. The maximum atomic E-state index is 12.0. The van der Waals surface area contributed by atoms with E-state index in [0.717, 1.165) is 23.2 Å². The van der Waals surface area contributed by atoms with Gasteiger partial charge in [0.25, 0.3) is 0 Å². The number of carboxylic acid groups (broad SMARTS) is 1. The van der Waals surface area contributed by atoms with Gasteiger partial charge in [-0.15, -0.1) is 0 Å². The lowest BCUT2D eigenvalue weighted by atomic mass is 10.0. The van der Waals surface area contributed by atoms with Gasteiger partial charge in [-0.1, -0.05) is 25.1 Å². The molecule has 5 heteroatoms. The van der Waals surface area contributed by atoms with E-state index in [1.165, 1.54) is 0 Å². The molecule has 0 radical (unpaired) electrons. The van der Waals surface area contributed by atoms with Crippen molar-refractivity contribution in [3.63, 3.8) is 0 Å². The second kappa shape index (κ2) is 6.05. The summed E-state index contributed by atoms with van der Waals surface area (Å²) in [4.78, 5) is 24.6. The first-order chi connectivity index (χ1) is 9.51. The van der Waals surface area contributed by atoms with E-state index in [1.54, 1.807) is 0 Å². The Kier molecular flexibility index (Phi) is 4.39. The second-order valence-corrected chi connectivity index (χ2v) is 5.24. The van der Waals surface area contributed by atoms with E-state index in [4.69, 9.17) is 5.11 Å².